The Balaban J connectivity index is 2.12. The number of rotatable bonds is 4. The first-order chi connectivity index (χ1) is 9.61. The van der Waals surface area contributed by atoms with Crippen LogP contribution in [0.2, 0.25) is 0 Å². The molecule has 1 amide bonds. The lowest BCUT2D eigenvalue weighted by molar-refractivity contribution is -0.130. The van der Waals surface area contributed by atoms with E-state index in [4.69, 9.17) is 15.2 Å². The highest BCUT2D eigenvalue weighted by Gasteiger charge is 2.38. The summed E-state index contributed by atoms with van der Waals surface area (Å²) in [7, 11) is 1.60. The van der Waals surface area contributed by atoms with Crippen molar-refractivity contribution in [3.63, 3.8) is 0 Å². The normalized spacial score (nSPS) is 17.6. The summed E-state index contributed by atoms with van der Waals surface area (Å²) in [6, 6.07) is 5.43. The molecule has 110 valence electrons. The summed E-state index contributed by atoms with van der Waals surface area (Å²) in [5, 5.41) is 2.94. The van der Waals surface area contributed by atoms with E-state index in [9.17, 15) is 4.79 Å². The molecule has 0 unspecified atom stereocenters. The Labute approximate surface area is 126 Å². The number of nitrogens with two attached hydrogens (primary N) is 1. The number of benzene rings is 1. The van der Waals surface area contributed by atoms with Gasteiger partial charge in [0.1, 0.15) is 5.75 Å². The Morgan fingerprint density at radius 2 is 2.20 bits per heavy atom. The standard InChI is InChI=1S/C14H19BrN2O3/c1-19-12-3-2-10(8-11(12)15)17-13(18)14(9-16)4-6-20-7-5-14/h2-3,8H,4-7,9,16H2,1H3,(H,17,18). The molecule has 0 saturated carbocycles. The Hall–Kier alpha value is -1.11. The summed E-state index contributed by atoms with van der Waals surface area (Å²) >= 11 is 3.40. The van der Waals surface area contributed by atoms with E-state index in [-0.39, 0.29) is 5.91 Å². The molecule has 0 aliphatic carbocycles. The van der Waals surface area contributed by atoms with Gasteiger partial charge in [0.15, 0.2) is 0 Å². The van der Waals surface area contributed by atoms with Gasteiger partial charge in [0.05, 0.1) is 17.0 Å². The highest BCUT2D eigenvalue weighted by atomic mass is 79.9. The lowest BCUT2D eigenvalue weighted by Gasteiger charge is -2.34. The predicted octanol–water partition coefficient (Wildman–Crippen LogP) is 2.15. The van der Waals surface area contributed by atoms with Crippen molar-refractivity contribution in [3.8, 4) is 5.75 Å². The van der Waals surface area contributed by atoms with Crippen LogP contribution in [0.4, 0.5) is 5.69 Å². The number of hydrogen-bond donors (Lipinski definition) is 2. The molecule has 1 heterocycles. The van der Waals surface area contributed by atoms with E-state index in [1.54, 1.807) is 13.2 Å². The van der Waals surface area contributed by atoms with Crippen LogP contribution in [0.3, 0.4) is 0 Å². The maximum Gasteiger partial charge on any atom is 0.232 e. The van der Waals surface area contributed by atoms with E-state index in [0.29, 0.717) is 32.6 Å². The zero-order valence-electron chi connectivity index (χ0n) is 11.4. The number of methoxy groups -OCH3 is 1. The molecule has 5 nitrogen and oxygen atoms in total. The van der Waals surface area contributed by atoms with E-state index >= 15 is 0 Å². The molecule has 0 atom stereocenters. The van der Waals surface area contributed by atoms with Gasteiger partial charge in [-0.3, -0.25) is 4.79 Å². The lowest BCUT2D eigenvalue weighted by Crippen LogP contribution is -2.46. The fourth-order valence-corrected chi connectivity index (χ4v) is 2.83. The lowest BCUT2D eigenvalue weighted by atomic mass is 9.79. The van der Waals surface area contributed by atoms with Crippen molar-refractivity contribution in [1.82, 2.24) is 0 Å². The first kappa shape index (κ1) is 15.3. The van der Waals surface area contributed by atoms with Crippen molar-refractivity contribution in [2.24, 2.45) is 11.1 Å². The van der Waals surface area contributed by atoms with Crippen molar-refractivity contribution in [3.05, 3.63) is 22.7 Å². The second kappa shape index (κ2) is 6.56. The van der Waals surface area contributed by atoms with E-state index in [1.165, 1.54) is 0 Å². The molecule has 6 heteroatoms. The van der Waals surface area contributed by atoms with Gasteiger partial charge in [0, 0.05) is 25.4 Å². The number of amides is 1. The average Bonchev–Trinajstić information content (AvgIpc) is 2.48. The largest absolute Gasteiger partial charge is 0.496 e. The fraction of sp³-hybridized carbons (Fsp3) is 0.500. The molecule has 1 aliphatic heterocycles. The van der Waals surface area contributed by atoms with Crippen LogP contribution in [0.25, 0.3) is 0 Å². The molecular weight excluding hydrogens is 324 g/mol. The summed E-state index contributed by atoms with van der Waals surface area (Å²) in [6.45, 7) is 1.49. The highest BCUT2D eigenvalue weighted by Crippen LogP contribution is 2.32. The van der Waals surface area contributed by atoms with Crippen LogP contribution in [0.1, 0.15) is 12.8 Å². The summed E-state index contributed by atoms with van der Waals surface area (Å²) in [4.78, 5) is 12.5. The van der Waals surface area contributed by atoms with Crippen molar-refractivity contribution in [2.45, 2.75) is 12.8 Å². The third-order valence-corrected chi connectivity index (χ3v) is 4.35. The number of hydrogen-bond acceptors (Lipinski definition) is 4. The molecule has 3 N–H and O–H groups in total. The van der Waals surface area contributed by atoms with Crippen molar-refractivity contribution >= 4 is 27.5 Å². The zero-order valence-corrected chi connectivity index (χ0v) is 13.0. The third kappa shape index (κ3) is 3.13. The van der Waals surface area contributed by atoms with Gasteiger partial charge in [-0.1, -0.05) is 0 Å². The Morgan fingerprint density at radius 1 is 1.50 bits per heavy atom. The second-order valence-electron chi connectivity index (χ2n) is 4.90. The molecule has 1 aromatic carbocycles. The molecule has 1 fully saturated rings. The number of anilines is 1. The van der Waals surface area contributed by atoms with Gasteiger partial charge in [-0.25, -0.2) is 0 Å². The van der Waals surface area contributed by atoms with E-state index in [1.807, 2.05) is 12.1 Å². The zero-order chi connectivity index (χ0) is 14.6. The number of ether oxygens (including phenoxy) is 2. The molecular formula is C14H19BrN2O3. The molecule has 0 aromatic heterocycles. The van der Waals surface area contributed by atoms with Crippen molar-refractivity contribution in [2.75, 3.05) is 32.2 Å². The Morgan fingerprint density at radius 3 is 2.75 bits per heavy atom. The number of halogens is 1. The van der Waals surface area contributed by atoms with Crippen LogP contribution in [0, 0.1) is 5.41 Å². The quantitative estimate of drug-likeness (QED) is 0.879. The third-order valence-electron chi connectivity index (χ3n) is 3.73. The highest BCUT2D eigenvalue weighted by molar-refractivity contribution is 9.10. The number of carbonyl (C=O) groups excluding carboxylic acids is 1. The van der Waals surface area contributed by atoms with Gasteiger partial charge in [-0.05, 0) is 47.0 Å². The minimum Gasteiger partial charge on any atom is -0.496 e. The smallest absolute Gasteiger partial charge is 0.232 e. The minimum absolute atomic E-state index is 0.0413. The molecule has 2 rings (SSSR count). The Kier molecular flexibility index (Phi) is 5.01. The average molecular weight is 343 g/mol. The summed E-state index contributed by atoms with van der Waals surface area (Å²) in [5.74, 6) is 0.683. The fourth-order valence-electron chi connectivity index (χ4n) is 2.29. The van der Waals surface area contributed by atoms with Crippen LogP contribution in [-0.2, 0) is 9.53 Å². The molecule has 0 spiro atoms. The monoisotopic (exact) mass is 342 g/mol. The first-order valence-electron chi connectivity index (χ1n) is 6.54. The molecule has 20 heavy (non-hydrogen) atoms. The van der Waals surface area contributed by atoms with Crippen molar-refractivity contribution in [1.29, 1.82) is 0 Å². The molecule has 0 bridgehead atoms. The van der Waals surface area contributed by atoms with Crippen molar-refractivity contribution < 1.29 is 14.3 Å². The maximum absolute atomic E-state index is 12.5. The van der Waals surface area contributed by atoms with Gasteiger partial charge in [0.2, 0.25) is 5.91 Å². The van der Waals surface area contributed by atoms with Crippen LogP contribution in [-0.4, -0.2) is 32.8 Å². The summed E-state index contributed by atoms with van der Waals surface area (Å²) in [5.41, 5.74) is 6.02. The van der Waals surface area contributed by atoms with Crippen LogP contribution in [0.5, 0.6) is 5.75 Å². The van der Waals surface area contributed by atoms with E-state index < -0.39 is 5.41 Å². The molecule has 1 aromatic rings. The number of carbonyl (C=O) groups is 1. The minimum atomic E-state index is -0.523. The first-order valence-corrected chi connectivity index (χ1v) is 7.33. The molecule has 1 saturated heterocycles. The Bertz CT molecular complexity index is 487. The predicted molar refractivity (Wildman–Crippen MR) is 80.9 cm³/mol. The van der Waals surface area contributed by atoms with E-state index in [0.717, 1.165) is 15.9 Å². The van der Waals surface area contributed by atoms with Crippen LogP contribution < -0.4 is 15.8 Å². The molecule has 1 aliphatic rings. The summed E-state index contributed by atoms with van der Waals surface area (Å²) in [6.07, 6.45) is 1.32. The van der Waals surface area contributed by atoms with Gasteiger partial charge in [0.25, 0.3) is 0 Å². The molecule has 0 radical (unpaired) electrons. The van der Waals surface area contributed by atoms with Crippen LogP contribution >= 0.6 is 15.9 Å². The maximum atomic E-state index is 12.5. The number of nitrogens with one attached hydrogen (secondary N) is 1. The van der Waals surface area contributed by atoms with Crippen LogP contribution in [0.15, 0.2) is 22.7 Å². The van der Waals surface area contributed by atoms with Gasteiger partial charge >= 0.3 is 0 Å². The van der Waals surface area contributed by atoms with Gasteiger partial charge in [-0.15, -0.1) is 0 Å². The van der Waals surface area contributed by atoms with Gasteiger partial charge < -0.3 is 20.5 Å². The second-order valence-corrected chi connectivity index (χ2v) is 5.75. The van der Waals surface area contributed by atoms with Gasteiger partial charge in [-0.2, -0.15) is 0 Å². The summed E-state index contributed by atoms with van der Waals surface area (Å²) < 4.78 is 11.3. The topological polar surface area (TPSA) is 73.6 Å². The van der Waals surface area contributed by atoms with E-state index in [2.05, 4.69) is 21.2 Å². The SMILES string of the molecule is COc1ccc(NC(=O)C2(CN)CCOCC2)cc1Br.